The van der Waals surface area contributed by atoms with Crippen LogP contribution in [0.1, 0.15) is 0 Å². The normalized spacial score (nSPS) is 11.9. The van der Waals surface area contributed by atoms with Gasteiger partial charge in [-0.1, -0.05) is 188 Å². The fourth-order valence-corrected chi connectivity index (χ4v) is 12.3. The minimum Gasteiger partial charge on any atom is -0.309 e. The smallest absolute Gasteiger partial charge is 0.165 e. The summed E-state index contributed by atoms with van der Waals surface area (Å²) in [6, 6.07) is 87.9. The lowest BCUT2D eigenvalue weighted by molar-refractivity contribution is 1.08. The molecular weight excluding hydrogens is 893 g/mol. The third-order valence-electron chi connectivity index (χ3n) is 14.6. The monoisotopic (exact) mass is 932 g/mol. The summed E-state index contributed by atoms with van der Waals surface area (Å²) < 4.78 is 5.02. The van der Waals surface area contributed by atoms with Gasteiger partial charge in [0.1, 0.15) is 0 Å². The third-order valence-corrected chi connectivity index (χ3v) is 15.7. The molecule has 0 saturated carbocycles. The fourth-order valence-electron chi connectivity index (χ4n) is 11.2. The maximum absolute atomic E-state index is 5.60. The quantitative estimate of drug-likeness (QED) is 0.167. The molecule has 0 spiro atoms. The van der Waals surface area contributed by atoms with Gasteiger partial charge in [-0.2, -0.15) is 0 Å². The highest BCUT2D eigenvalue weighted by molar-refractivity contribution is 7.25. The van der Waals surface area contributed by atoms with Crippen LogP contribution in [0.25, 0.3) is 147 Å². The van der Waals surface area contributed by atoms with E-state index in [1.807, 2.05) is 17.4 Å². The van der Waals surface area contributed by atoms with Gasteiger partial charge < -0.3 is 4.57 Å². The molecule has 0 aliphatic rings. The zero-order valence-corrected chi connectivity index (χ0v) is 39.6. The van der Waals surface area contributed by atoms with Crippen molar-refractivity contribution in [2.45, 2.75) is 0 Å². The number of benzene rings is 12. The fraction of sp³-hybridized carbons (Fsp3) is 0. The standard InChI is InChI=1S/C67H40N4S/c1-3-16-41(17-4-1)47-30-33-53-54(36-47)60(71-58-34-31-43-19-10-12-26-50(43)63(58)57-37-45-22-7-8-23-46(45)39-59(57)71)40-56(51-28-15-24-42-18-9-11-25-49(42)51)64(53)67-69-65(44-20-5-2-6-21-44)68-66(70-67)48-32-35-62-55(38-48)52-27-13-14-29-61(52)72-62/h1-40H. The molecule has 72 heavy (non-hydrogen) atoms. The van der Waals surface area contributed by atoms with Gasteiger partial charge in [0, 0.05) is 53.0 Å². The van der Waals surface area contributed by atoms with E-state index in [1.54, 1.807) is 0 Å². The predicted molar refractivity (Wildman–Crippen MR) is 304 cm³/mol. The molecule has 0 aliphatic carbocycles. The van der Waals surface area contributed by atoms with E-state index in [-0.39, 0.29) is 0 Å². The minimum absolute atomic E-state index is 0.611. The number of rotatable bonds is 6. The lowest BCUT2D eigenvalue weighted by Crippen LogP contribution is -2.04. The maximum atomic E-state index is 5.60. The van der Waals surface area contributed by atoms with Crippen LogP contribution in [0, 0.1) is 0 Å². The molecule has 4 nitrogen and oxygen atoms in total. The van der Waals surface area contributed by atoms with E-state index < -0.39 is 0 Å². The average Bonchev–Trinajstić information content (AvgIpc) is 3.99. The first kappa shape index (κ1) is 40.6. The molecule has 0 atom stereocenters. The molecule has 15 aromatic rings. The number of fused-ring (bicyclic) bond motifs is 11. The van der Waals surface area contributed by atoms with Crippen LogP contribution in [0.2, 0.25) is 0 Å². The van der Waals surface area contributed by atoms with Crippen molar-refractivity contribution >= 4 is 96.4 Å². The van der Waals surface area contributed by atoms with Crippen molar-refractivity contribution < 1.29 is 0 Å². The van der Waals surface area contributed by atoms with Gasteiger partial charge in [0.05, 0.1) is 16.7 Å². The maximum Gasteiger partial charge on any atom is 0.165 e. The molecule has 0 N–H and O–H groups in total. The van der Waals surface area contributed by atoms with Crippen molar-refractivity contribution in [3.63, 3.8) is 0 Å². The van der Waals surface area contributed by atoms with Gasteiger partial charge in [-0.05, 0) is 115 Å². The van der Waals surface area contributed by atoms with Gasteiger partial charge >= 0.3 is 0 Å². The van der Waals surface area contributed by atoms with Crippen molar-refractivity contribution in [2.75, 3.05) is 0 Å². The van der Waals surface area contributed by atoms with Gasteiger partial charge in [0.25, 0.3) is 0 Å². The van der Waals surface area contributed by atoms with Crippen LogP contribution in [0.4, 0.5) is 0 Å². The number of nitrogens with zero attached hydrogens (tertiary/aromatic N) is 4. The van der Waals surface area contributed by atoms with Crippen LogP contribution in [0.5, 0.6) is 0 Å². The summed E-state index contributed by atoms with van der Waals surface area (Å²) in [4.78, 5) is 16.4. The van der Waals surface area contributed by atoms with Crippen LogP contribution >= 0.6 is 11.3 Å². The van der Waals surface area contributed by atoms with Crippen molar-refractivity contribution in [1.29, 1.82) is 0 Å². The molecule has 0 amide bonds. The van der Waals surface area contributed by atoms with Crippen LogP contribution < -0.4 is 0 Å². The lowest BCUT2D eigenvalue weighted by Gasteiger charge is -2.21. The second kappa shape index (κ2) is 16.1. The zero-order chi connectivity index (χ0) is 47.3. The average molecular weight is 933 g/mol. The Bertz CT molecular complexity index is 4680. The van der Waals surface area contributed by atoms with E-state index in [1.165, 1.54) is 52.5 Å². The highest BCUT2D eigenvalue weighted by Crippen LogP contribution is 2.47. The van der Waals surface area contributed by atoms with Crippen molar-refractivity contribution in [3.8, 4) is 62.1 Å². The second-order valence-corrected chi connectivity index (χ2v) is 19.8. The molecule has 3 heterocycles. The van der Waals surface area contributed by atoms with Crippen LogP contribution in [0.15, 0.2) is 243 Å². The summed E-state index contributed by atoms with van der Waals surface area (Å²) in [6.07, 6.45) is 0. The van der Waals surface area contributed by atoms with Gasteiger partial charge in [-0.3, -0.25) is 0 Å². The predicted octanol–water partition coefficient (Wildman–Crippen LogP) is 18.3. The van der Waals surface area contributed by atoms with E-state index in [4.69, 9.17) is 15.0 Å². The van der Waals surface area contributed by atoms with Crippen molar-refractivity contribution in [1.82, 2.24) is 19.5 Å². The van der Waals surface area contributed by atoms with Gasteiger partial charge in [-0.15, -0.1) is 11.3 Å². The molecule has 0 fully saturated rings. The molecule has 0 unspecified atom stereocenters. The first-order valence-corrected chi connectivity index (χ1v) is 25.2. The Kier molecular flexibility index (Phi) is 9.10. The van der Waals surface area contributed by atoms with Gasteiger partial charge in [0.2, 0.25) is 0 Å². The summed E-state index contributed by atoms with van der Waals surface area (Å²) in [7, 11) is 0. The largest absolute Gasteiger partial charge is 0.309 e. The van der Waals surface area contributed by atoms with E-state index in [2.05, 4.69) is 241 Å². The van der Waals surface area contributed by atoms with Crippen LogP contribution in [-0.2, 0) is 0 Å². The first-order chi connectivity index (χ1) is 35.7. The third kappa shape index (κ3) is 6.41. The Morgan fingerprint density at radius 1 is 0.292 bits per heavy atom. The lowest BCUT2D eigenvalue weighted by atomic mass is 9.88. The minimum atomic E-state index is 0.611. The summed E-state index contributed by atoms with van der Waals surface area (Å²) in [6.45, 7) is 0. The topological polar surface area (TPSA) is 43.6 Å². The molecule has 334 valence electrons. The van der Waals surface area contributed by atoms with E-state index in [9.17, 15) is 0 Å². The van der Waals surface area contributed by atoms with Gasteiger partial charge in [0.15, 0.2) is 17.5 Å². The van der Waals surface area contributed by atoms with Crippen LogP contribution in [0.3, 0.4) is 0 Å². The molecule has 0 aliphatic heterocycles. The molecule has 0 radical (unpaired) electrons. The first-order valence-electron chi connectivity index (χ1n) is 24.4. The van der Waals surface area contributed by atoms with Crippen molar-refractivity contribution in [3.05, 3.63) is 243 Å². The van der Waals surface area contributed by atoms with Crippen molar-refractivity contribution in [2.24, 2.45) is 0 Å². The SMILES string of the molecule is c1ccc(-c2ccc3c(-c4nc(-c5ccccc5)nc(-c5ccc6sc7ccccc7c6c5)n4)c(-c4cccc5ccccc45)cc(-n4c5cc6ccccc6cc5c5c6ccccc6ccc54)c3c2)cc1. The molecular formula is C67H40N4S. The van der Waals surface area contributed by atoms with E-state index >= 15 is 0 Å². The Morgan fingerprint density at radius 2 is 0.889 bits per heavy atom. The molecule has 12 aromatic carbocycles. The summed E-state index contributed by atoms with van der Waals surface area (Å²) in [5.74, 6) is 1.86. The molecule has 5 heteroatoms. The Morgan fingerprint density at radius 3 is 1.69 bits per heavy atom. The molecule has 15 rings (SSSR count). The molecule has 3 aromatic heterocycles. The summed E-state index contributed by atoms with van der Waals surface area (Å²) >= 11 is 1.81. The second-order valence-electron chi connectivity index (χ2n) is 18.7. The van der Waals surface area contributed by atoms with Gasteiger partial charge in [-0.25, -0.2) is 15.0 Å². The highest BCUT2D eigenvalue weighted by atomic mass is 32.1. The molecule has 0 saturated heterocycles. The highest BCUT2D eigenvalue weighted by Gasteiger charge is 2.25. The number of thiophene rings is 1. The Balaban J connectivity index is 1.11. The molecule has 0 bridgehead atoms. The number of hydrogen-bond donors (Lipinski definition) is 0. The Labute approximate surface area is 418 Å². The zero-order valence-electron chi connectivity index (χ0n) is 38.8. The summed E-state index contributed by atoms with van der Waals surface area (Å²) in [5, 5.41) is 14.2. The number of hydrogen-bond acceptors (Lipinski definition) is 4. The van der Waals surface area contributed by atoms with Crippen LogP contribution in [-0.4, -0.2) is 19.5 Å². The summed E-state index contributed by atoms with van der Waals surface area (Å²) in [5.41, 5.74) is 10.6. The number of aromatic nitrogens is 4. The Hall–Kier alpha value is -9.29. The van der Waals surface area contributed by atoms with E-state index in [0.29, 0.717) is 17.5 Å². The van der Waals surface area contributed by atoms with E-state index in [0.717, 1.165) is 77.2 Å².